The molecule has 0 spiro atoms. The number of carbonyl (C=O) groups excluding carboxylic acids is 1. The molecule has 8 nitrogen and oxygen atoms in total. The number of halogens is 1. The van der Waals surface area contributed by atoms with Crippen molar-refractivity contribution in [3.63, 3.8) is 0 Å². The minimum Gasteiger partial charge on any atom is -0.390 e. The van der Waals surface area contributed by atoms with Crippen molar-refractivity contribution in [2.45, 2.75) is 37.9 Å². The number of Topliss-reactive ketones (excluding diaryl/α,β-unsaturated/α-hetero) is 1. The van der Waals surface area contributed by atoms with E-state index in [1.54, 1.807) is 0 Å². The van der Waals surface area contributed by atoms with E-state index in [0.29, 0.717) is 10.6 Å². The Morgan fingerprint density at radius 1 is 1.35 bits per heavy atom. The molecule has 4 atom stereocenters. The summed E-state index contributed by atoms with van der Waals surface area (Å²) < 4.78 is 6.68. The molecule has 0 aliphatic carbocycles. The van der Waals surface area contributed by atoms with Gasteiger partial charge in [-0.05, 0) is 31.2 Å². The Hall–Kier alpha value is -2.26. The number of aromatic amines is 1. The molecule has 0 radical (unpaired) electrons. The Morgan fingerprint density at radius 2 is 2.00 bits per heavy atom. The molecule has 2 aromatic rings. The van der Waals surface area contributed by atoms with E-state index in [9.17, 15) is 24.6 Å². The van der Waals surface area contributed by atoms with E-state index in [-0.39, 0.29) is 12.0 Å². The molecule has 3 N–H and O–H groups in total. The lowest BCUT2D eigenvalue weighted by atomic mass is 9.99. The van der Waals surface area contributed by atoms with Crippen LogP contribution in [0.1, 0.15) is 28.6 Å². The lowest BCUT2D eigenvalue weighted by molar-refractivity contribution is -0.0715. The topological polar surface area (TPSA) is 122 Å². The summed E-state index contributed by atoms with van der Waals surface area (Å²) in [6.07, 6.45) is -3.59. The predicted molar refractivity (Wildman–Crippen MR) is 92.4 cm³/mol. The molecule has 1 aliphatic rings. The number of nitrogens with one attached hydrogen (secondary N) is 1. The molecule has 0 saturated carbocycles. The van der Waals surface area contributed by atoms with Crippen LogP contribution in [0.15, 0.2) is 40.1 Å². The molecule has 1 aromatic heterocycles. The number of hydrogen-bond donors (Lipinski definition) is 3. The van der Waals surface area contributed by atoms with Crippen LogP contribution in [0.3, 0.4) is 0 Å². The molecule has 0 amide bonds. The van der Waals surface area contributed by atoms with Crippen LogP contribution in [0.4, 0.5) is 0 Å². The van der Waals surface area contributed by atoms with Crippen molar-refractivity contribution in [3.8, 4) is 0 Å². The van der Waals surface area contributed by atoms with Gasteiger partial charge in [0.25, 0.3) is 5.56 Å². The number of rotatable bonds is 4. The second-order valence-electron chi connectivity index (χ2n) is 6.15. The largest absolute Gasteiger partial charge is 0.390 e. The van der Waals surface area contributed by atoms with Crippen LogP contribution in [-0.2, 0) is 4.74 Å². The third-order valence-electron chi connectivity index (χ3n) is 4.30. The highest BCUT2D eigenvalue weighted by atomic mass is 35.5. The molecule has 0 bridgehead atoms. The lowest BCUT2D eigenvalue weighted by Crippen LogP contribution is -2.40. The number of ether oxygens (including phenoxy) is 1. The molecule has 3 rings (SSSR count). The van der Waals surface area contributed by atoms with Gasteiger partial charge in [0, 0.05) is 28.8 Å². The van der Waals surface area contributed by atoms with Gasteiger partial charge in [-0.25, -0.2) is 4.79 Å². The number of aliphatic hydroxyl groups excluding tert-OH is 2. The summed E-state index contributed by atoms with van der Waals surface area (Å²) in [7, 11) is 0. The van der Waals surface area contributed by atoms with Gasteiger partial charge in [-0.3, -0.25) is 19.1 Å². The van der Waals surface area contributed by atoms with E-state index in [1.165, 1.54) is 37.4 Å². The van der Waals surface area contributed by atoms with Gasteiger partial charge >= 0.3 is 5.69 Å². The maximum absolute atomic E-state index is 12.4. The minimum atomic E-state index is -1.62. The van der Waals surface area contributed by atoms with Crippen molar-refractivity contribution < 1.29 is 19.7 Å². The lowest BCUT2D eigenvalue weighted by Gasteiger charge is -2.20. The Morgan fingerprint density at radius 3 is 2.65 bits per heavy atom. The van der Waals surface area contributed by atoms with Gasteiger partial charge in [0.2, 0.25) is 0 Å². The number of H-pyrrole nitrogens is 1. The molecule has 1 aromatic carbocycles. The molecule has 26 heavy (non-hydrogen) atoms. The van der Waals surface area contributed by atoms with Gasteiger partial charge in [-0.2, -0.15) is 0 Å². The summed E-state index contributed by atoms with van der Waals surface area (Å²) in [5.41, 5.74) is -0.696. The first kappa shape index (κ1) is 18.5. The fourth-order valence-electron chi connectivity index (χ4n) is 2.87. The van der Waals surface area contributed by atoms with Crippen molar-refractivity contribution >= 4 is 17.4 Å². The standard InChI is InChI=1S/C17H17ClN2O6/c1-8-7-20(17(25)19-16(8)24)12-6-11(21)15(26-12)14(23)13(22)9-2-4-10(18)5-3-9/h2-5,7,11-12,14-15,21,23H,6H2,1H3,(H,19,24,25)/t11-,12?,14?,15+/m1/s1. The maximum atomic E-state index is 12.4. The van der Waals surface area contributed by atoms with Gasteiger partial charge < -0.3 is 14.9 Å². The van der Waals surface area contributed by atoms with Crippen LogP contribution in [-0.4, -0.2) is 43.9 Å². The first-order valence-electron chi connectivity index (χ1n) is 7.91. The summed E-state index contributed by atoms with van der Waals surface area (Å²) in [6.45, 7) is 1.52. The van der Waals surface area contributed by atoms with Crippen LogP contribution in [0.5, 0.6) is 0 Å². The van der Waals surface area contributed by atoms with Crippen LogP contribution in [0, 0.1) is 6.92 Å². The Labute approximate surface area is 152 Å². The molecule has 1 aliphatic heterocycles. The summed E-state index contributed by atoms with van der Waals surface area (Å²) in [4.78, 5) is 38.0. The number of nitrogens with zero attached hydrogens (tertiary/aromatic N) is 1. The average molecular weight is 381 g/mol. The fourth-order valence-corrected chi connectivity index (χ4v) is 2.99. The van der Waals surface area contributed by atoms with E-state index in [1.807, 2.05) is 0 Å². The zero-order valence-corrected chi connectivity index (χ0v) is 14.5. The van der Waals surface area contributed by atoms with Crippen LogP contribution < -0.4 is 11.2 Å². The third-order valence-corrected chi connectivity index (χ3v) is 4.55. The molecule has 1 saturated heterocycles. The first-order valence-corrected chi connectivity index (χ1v) is 8.29. The van der Waals surface area contributed by atoms with Crippen LogP contribution >= 0.6 is 11.6 Å². The smallest absolute Gasteiger partial charge is 0.330 e. The predicted octanol–water partition coefficient (Wildman–Crippen LogP) is 0.391. The second kappa shape index (κ2) is 7.16. The third kappa shape index (κ3) is 3.49. The van der Waals surface area contributed by atoms with E-state index in [2.05, 4.69) is 4.98 Å². The zero-order chi connectivity index (χ0) is 19.0. The monoisotopic (exact) mass is 380 g/mol. The highest BCUT2D eigenvalue weighted by Crippen LogP contribution is 2.30. The second-order valence-corrected chi connectivity index (χ2v) is 6.59. The number of carbonyl (C=O) groups is 1. The Balaban J connectivity index is 1.81. The van der Waals surface area contributed by atoms with E-state index in [4.69, 9.17) is 16.3 Å². The van der Waals surface area contributed by atoms with Gasteiger partial charge in [0.15, 0.2) is 5.78 Å². The number of aromatic nitrogens is 2. The van der Waals surface area contributed by atoms with Crippen molar-refractivity contribution in [1.82, 2.24) is 9.55 Å². The Bertz CT molecular complexity index is 936. The van der Waals surface area contributed by atoms with Crippen molar-refractivity contribution in [2.24, 2.45) is 0 Å². The van der Waals surface area contributed by atoms with Crippen molar-refractivity contribution in [3.05, 3.63) is 67.4 Å². The number of hydrogen-bond acceptors (Lipinski definition) is 6. The molecule has 2 unspecified atom stereocenters. The van der Waals surface area contributed by atoms with Gasteiger partial charge in [-0.1, -0.05) is 11.6 Å². The molecule has 9 heteroatoms. The maximum Gasteiger partial charge on any atom is 0.330 e. The SMILES string of the molecule is Cc1cn(C2C[C@@H](O)[C@@H](C(O)C(=O)c3ccc(Cl)cc3)O2)c(=O)[nH]c1=O. The minimum absolute atomic E-state index is 0.0129. The summed E-state index contributed by atoms with van der Waals surface area (Å²) in [5.74, 6) is -0.628. The summed E-state index contributed by atoms with van der Waals surface area (Å²) in [6, 6.07) is 5.95. The highest BCUT2D eigenvalue weighted by molar-refractivity contribution is 6.30. The van der Waals surface area contributed by atoms with Gasteiger partial charge in [0.1, 0.15) is 18.4 Å². The van der Waals surface area contributed by atoms with Crippen molar-refractivity contribution in [2.75, 3.05) is 0 Å². The fraction of sp³-hybridized carbons (Fsp3) is 0.353. The number of aliphatic hydroxyl groups is 2. The zero-order valence-electron chi connectivity index (χ0n) is 13.8. The van der Waals surface area contributed by atoms with Crippen LogP contribution in [0.2, 0.25) is 5.02 Å². The van der Waals surface area contributed by atoms with E-state index < -0.39 is 41.6 Å². The summed E-state index contributed by atoms with van der Waals surface area (Å²) >= 11 is 5.78. The van der Waals surface area contributed by atoms with Gasteiger partial charge in [-0.15, -0.1) is 0 Å². The van der Waals surface area contributed by atoms with Gasteiger partial charge in [0.05, 0.1) is 6.10 Å². The molecular weight excluding hydrogens is 364 g/mol. The number of benzene rings is 1. The highest BCUT2D eigenvalue weighted by Gasteiger charge is 2.42. The van der Waals surface area contributed by atoms with E-state index >= 15 is 0 Å². The molecule has 1 fully saturated rings. The Kier molecular flexibility index (Phi) is 5.10. The van der Waals surface area contributed by atoms with Crippen molar-refractivity contribution in [1.29, 1.82) is 0 Å². The molecule has 2 heterocycles. The normalized spacial score (nSPS) is 23.8. The van der Waals surface area contributed by atoms with Crippen LogP contribution in [0.25, 0.3) is 0 Å². The number of aryl methyl sites for hydroxylation is 1. The average Bonchev–Trinajstić information content (AvgIpc) is 2.99. The number of ketones is 1. The molecular formula is C17H17ClN2O6. The quantitative estimate of drug-likeness (QED) is 0.660. The molecule has 138 valence electrons. The summed E-state index contributed by atoms with van der Waals surface area (Å²) in [5, 5.41) is 21.0. The van der Waals surface area contributed by atoms with E-state index in [0.717, 1.165) is 4.57 Å². The first-order chi connectivity index (χ1) is 12.3.